The number of hydrogen-bond acceptors (Lipinski definition) is 4. The van der Waals surface area contributed by atoms with Gasteiger partial charge in [0.2, 0.25) is 21.8 Å². The fraction of sp³-hybridized carbons (Fsp3) is 0.529. The van der Waals surface area contributed by atoms with Crippen molar-refractivity contribution in [3.63, 3.8) is 0 Å². The lowest BCUT2D eigenvalue weighted by Gasteiger charge is -2.30. The first-order chi connectivity index (χ1) is 11.7. The Labute approximate surface area is 148 Å². The maximum Gasteiger partial charge on any atom is 0.242 e. The van der Waals surface area contributed by atoms with E-state index in [2.05, 4.69) is 0 Å². The highest BCUT2D eigenvalue weighted by molar-refractivity contribution is 7.89. The van der Waals surface area contributed by atoms with E-state index in [0.717, 1.165) is 5.56 Å². The zero-order valence-electron chi connectivity index (χ0n) is 14.6. The van der Waals surface area contributed by atoms with Crippen molar-refractivity contribution in [2.45, 2.75) is 30.6 Å². The van der Waals surface area contributed by atoms with Crippen LogP contribution in [0, 0.1) is 5.92 Å². The molecule has 0 saturated carbocycles. The van der Waals surface area contributed by atoms with E-state index in [4.69, 9.17) is 5.73 Å². The number of nitrogens with two attached hydrogens (primary N) is 1. The monoisotopic (exact) mass is 367 g/mol. The van der Waals surface area contributed by atoms with Gasteiger partial charge in [-0.3, -0.25) is 9.59 Å². The zero-order valence-corrected chi connectivity index (χ0v) is 15.5. The Morgan fingerprint density at radius 2 is 1.72 bits per heavy atom. The van der Waals surface area contributed by atoms with Gasteiger partial charge in [0.05, 0.1) is 4.90 Å². The highest BCUT2D eigenvalue weighted by atomic mass is 32.2. The van der Waals surface area contributed by atoms with Crippen molar-refractivity contribution in [3.8, 4) is 0 Å². The zero-order chi connectivity index (χ0) is 18.6. The summed E-state index contributed by atoms with van der Waals surface area (Å²) < 4.78 is 25.2. The predicted molar refractivity (Wildman–Crippen MR) is 94.1 cm³/mol. The molecule has 1 saturated heterocycles. The minimum atomic E-state index is -3.43. The van der Waals surface area contributed by atoms with Gasteiger partial charge in [-0.2, -0.15) is 0 Å². The standard InChI is InChI=1S/C17H25N3O4S/c1-19(2)25(23,24)15-6-3-13(4-7-15)5-8-16(21)20-11-9-14(10-12-20)17(18)22/h3-4,6-7,14H,5,8-12H2,1-2H3,(H2,18,22). The van der Waals surface area contributed by atoms with Crippen LogP contribution in [0.5, 0.6) is 0 Å². The second-order valence-electron chi connectivity index (χ2n) is 6.49. The lowest BCUT2D eigenvalue weighted by molar-refractivity contribution is -0.134. The number of carbonyl (C=O) groups excluding carboxylic acids is 2. The molecule has 0 spiro atoms. The van der Waals surface area contributed by atoms with Crippen molar-refractivity contribution in [3.05, 3.63) is 29.8 Å². The van der Waals surface area contributed by atoms with E-state index in [1.165, 1.54) is 18.4 Å². The number of carbonyl (C=O) groups is 2. The number of likely N-dealkylation sites (tertiary alicyclic amines) is 1. The molecule has 1 aliphatic heterocycles. The van der Waals surface area contributed by atoms with E-state index >= 15 is 0 Å². The molecule has 1 aliphatic rings. The number of aryl methyl sites for hydroxylation is 1. The van der Waals surface area contributed by atoms with E-state index in [1.807, 2.05) is 0 Å². The Hall–Kier alpha value is -1.93. The lowest BCUT2D eigenvalue weighted by atomic mass is 9.96. The average Bonchev–Trinajstić information content (AvgIpc) is 2.60. The van der Waals surface area contributed by atoms with E-state index in [9.17, 15) is 18.0 Å². The Balaban J connectivity index is 1.87. The Bertz CT molecular complexity index is 721. The third kappa shape index (κ3) is 4.79. The average molecular weight is 367 g/mol. The number of nitrogens with zero attached hydrogens (tertiary/aromatic N) is 2. The van der Waals surface area contributed by atoms with Crippen LogP contribution in [0.2, 0.25) is 0 Å². The van der Waals surface area contributed by atoms with E-state index < -0.39 is 10.0 Å². The van der Waals surface area contributed by atoms with Gasteiger partial charge < -0.3 is 10.6 Å². The largest absolute Gasteiger partial charge is 0.369 e. The summed E-state index contributed by atoms with van der Waals surface area (Å²) in [6.45, 7) is 1.12. The molecule has 0 radical (unpaired) electrons. The van der Waals surface area contributed by atoms with Gasteiger partial charge in [0.15, 0.2) is 0 Å². The third-order valence-corrected chi connectivity index (χ3v) is 6.41. The van der Waals surface area contributed by atoms with Gasteiger partial charge in [-0.05, 0) is 37.0 Å². The molecule has 0 unspecified atom stereocenters. The number of primary amides is 1. The van der Waals surface area contributed by atoms with Crippen molar-refractivity contribution < 1.29 is 18.0 Å². The second kappa shape index (κ2) is 7.97. The fourth-order valence-electron chi connectivity index (χ4n) is 2.86. The van der Waals surface area contributed by atoms with Crippen LogP contribution in [0.4, 0.5) is 0 Å². The highest BCUT2D eigenvalue weighted by Gasteiger charge is 2.25. The fourth-order valence-corrected chi connectivity index (χ4v) is 3.76. The molecule has 0 aromatic heterocycles. The van der Waals surface area contributed by atoms with Gasteiger partial charge in [0.25, 0.3) is 0 Å². The van der Waals surface area contributed by atoms with E-state index in [-0.39, 0.29) is 22.6 Å². The SMILES string of the molecule is CN(C)S(=O)(=O)c1ccc(CCC(=O)N2CCC(C(N)=O)CC2)cc1. The molecule has 0 bridgehead atoms. The second-order valence-corrected chi connectivity index (χ2v) is 8.64. The molecule has 1 aromatic carbocycles. The summed E-state index contributed by atoms with van der Waals surface area (Å²) in [6, 6.07) is 6.60. The van der Waals surface area contributed by atoms with Crippen molar-refractivity contribution in [2.24, 2.45) is 11.7 Å². The van der Waals surface area contributed by atoms with Gasteiger partial charge in [-0.15, -0.1) is 0 Å². The molecule has 2 amide bonds. The Kier molecular flexibility index (Phi) is 6.18. The number of amides is 2. The van der Waals surface area contributed by atoms with Crippen molar-refractivity contribution in [1.29, 1.82) is 0 Å². The molecule has 1 fully saturated rings. The smallest absolute Gasteiger partial charge is 0.242 e. The highest BCUT2D eigenvalue weighted by Crippen LogP contribution is 2.19. The summed E-state index contributed by atoms with van der Waals surface area (Å²) in [4.78, 5) is 25.4. The number of rotatable bonds is 6. The van der Waals surface area contributed by atoms with Crippen LogP contribution in [-0.4, -0.2) is 56.6 Å². The van der Waals surface area contributed by atoms with Gasteiger partial charge in [0.1, 0.15) is 0 Å². The number of piperidine rings is 1. The molecule has 1 aromatic rings. The molecule has 2 N–H and O–H groups in total. The summed E-state index contributed by atoms with van der Waals surface area (Å²) in [5.74, 6) is -0.372. The van der Waals surface area contributed by atoms with E-state index in [1.54, 1.807) is 29.2 Å². The Morgan fingerprint density at radius 1 is 1.16 bits per heavy atom. The predicted octanol–water partition coefficient (Wildman–Crippen LogP) is 0.593. The topological polar surface area (TPSA) is 101 Å². The molecule has 7 nitrogen and oxygen atoms in total. The summed E-state index contributed by atoms with van der Waals surface area (Å²) in [5, 5.41) is 0. The maximum absolute atomic E-state index is 12.3. The number of hydrogen-bond donors (Lipinski definition) is 1. The summed E-state index contributed by atoms with van der Waals surface area (Å²) in [6.07, 6.45) is 2.16. The van der Waals surface area contributed by atoms with Crippen molar-refractivity contribution >= 4 is 21.8 Å². The van der Waals surface area contributed by atoms with Crippen LogP contribution in [0.15, 0.2) is 29.2 Å². The van der Waals surface area contributed by atoms with Crippen LogP contribution in [-0.2, 0) is 26.0 Å². The first-order valence-corrected chi connectivity index (χ1v) is 9.74. The number of benzene rings is 1. The van der Waals surface area contributed by atoms with Crippen LogP contribution in [0.3, 0.4) is 0 Å². The molecule has 25 heavy (non-hydrogen) atoms. The lowest BCUT2D eigenvalue weighted by Crippen LogP contribution is -2.41. The molecule has 138 valence electrons. The molecule has 2 rings (SSSR count). The molecule has 0 aliphatic carbocycles. The molecule has 8 heteroatoms. The van der Waals surface area contributed by atoms with Gasteiger partial charge >= 0.3 is 0 Å². The quantitative estimate of drug-likeness (QED) is 0.795. The molecule has 0 atom stereocenters. The molecular weight excluding hydrogens is 342 g/mol. The Morgan fingerprint density at radius 3 is 2.20 bits per heavy atom. The van der Waals surface area contributed by atoms with E-state index in [0.29, 0.717) is 38.8 Å². The maximum atomic E-state index is 12.3. The van der Waals surface area contributed by atoms with Crippen LogP contribution >= 0.6 is 0 Å². The molecular formula is C17H25N3O4S. The third-order valence-electron chi connectivity index (χ3n) is 4.58. The summed E-state index contributed by atoms with van der Waals surface area (Å²) in [7, 11) is -0.455. The normalized spacial score (nSPS) is 16.2. The van der Waals surface area contributed by atoms with Crippen molar-refractivity contribution in [2.75, 3.05) is 27.2 Å². The van der Waals surface area contributed by atoms with Crippen LogP contribution in [0.1, 0.15) is 24.8 Å². The van der Waals surface area contributed by atoms with Crippen LogP contribution in [0.25, 0.3) is 0 Å². The van der Waals surface area contributed by atoms with Gasteiger partial charge in [-0.1, -0.05) is 12.1 Å². The molecule has 1 heterocycles. The number of sulfonamides is 1. The first kappa shape index (κ1) is 19.4. The summed E-state index contributed by atoms with van der Waals surface area (Å²) >= 11 is 0. The first-order valence-electron chi connectivity index (χ1n) is 8.30. The summed E-state index contributed by atoms with van der Waals surface area (Å²) in [5.41, 5.74) is 6.21. The van der Waals surface area contributed by atoms with Gasteiger partial charge in [-0.25, -0.2) is 12.7 Å². The minimum absolute atomic E-state index is 0.0490. The van der Waals surface area contributed by atoms with Gasteiger partial charge in [0, 0.05) is 39.5 Å². The van der Waals surface area contributed by atoms with Crippen molar-refractivity contribution in [1.82, 2.24) is 9.21 Å². The van der Waals surface area contributed by atoms with Crippen LogP contribution < -0.4 is 5.73 Å². The minimum Gasteiger partial charge on any atom is -0.369 e.